The van der Waals surface area contributed by atoms with Crippen molar-refractivity contribution >= 4 is 5.91 Å². The van der Waals surface area contributed by atoms with Crippen molar-refractivity contribution in [1.82, 2.24) is 5.32 Å². The number of allylic oxidation sites excluding steroid dienone is 21. The molecule has 0 saturated carbocycles. The van der Waals surface area contributed by atoms with Crippen molar-refractivity contribution in [3.05, 3.63) is 134 Å². The number of carbonyl (C=O) groups excluding carboxylic acids is 1. The zero-order valence-corrected chi connectivity index (χ0v) is 54.5. The van der Waals surface area contributed by atoms with E-state index in [1.807, 2.05) is 6.08 Å². The van der Waals surface area contributed by atoms with Crippen LogP contribution < -0.4 is 5.32 Å². The van der Waals surface area contributed by atoms with Crippen molar-refractivity contribution in [3.63, 3.8) is 0 Å². The van der Waals surface area contributed by atoms with Gasteiger partial charge < -0.3 is 89.9 Å². The Hall–Kier alpha value is -4.07. The van der Waals surface area contributed by atoms with Crippen LogP contribution in [0.4, 0.5) is 0 Å². The minimum absolute atomic E-state index is 0.167. The number of rotatable bonds is 49. The molecule has 19 nitrogen and oxygen atoms in total. The first-order chi connectivity index (χ1) is 44.3. The van der Waals surface area contributed by atoms with Gasteiger partial charge in [0.1, 0.15) is 73.2 Å². The third-order valence-electron chi connectivity index (χ3n) is 15.9. The molecule has 91 heavy (non-hydrogen) atoms. The van der Waals surface area contributed by atoms with Crippen LogP contribution in [0.15, 0.2) is 134 Å². The number of aliphatic hydroxyl groups is 11. The topological polar surface area (TPSA) is 307 Å². The first-order valence-corrected chi connectivity index (χ1v) is 33.9. The molecule has 3 aliphatic heterocycles. The molecule has 1 amide bonds. The fraction of sp³-hybridized carbons (Fsp3) is 0.681. The average molecular weight is 1280 g/mol. The van der Waals surface area contributed by atoms with Crippen molar-refractivity contribution in [1.29, 1.82) is 0 Å². The van der Waals surface area contributed by atoms with Gasteiger partial charge in [0.15, 0.2) is 18.9 Å². The molecule has 3 aliphatic rings. The lowest BCUT2D eigenvalue weighted by atomic mass is 9.96. The van der Waals surface area contributed by atoms with Crippen molar-refractivity contribution in [3.8, 4) is 0 Å². The molecule has 19 heteroatoms. The van der Waals surface area contributed by atoms with E-state index in [-0.39, 0.29) is 12.3 Å². The van der Waals surface area contributed by atoms with Gasteiger partial charge in [-0.1, -0.05) is 199 Å². The zero-order chi connectivity index (χ0) is 66.1. The second-order valence-corrected chi connectivity index (χ2v) is 23.5. The monoisotopic (exact) mass is 1280 g/mol. The molecule has 17 unspecified atom stereocenters. The van der Waals surface area contributed by atoms with Crippen LogP contribution in [-0.2, 0) is 33.2 Å². The third-order valence-corrected chi connectivity index (χ3v) is 15.9. The van der Waals surface area contributed by atoms with Crippen LogP contribution >= 0.6 is 0 Å². The zero-order valence-electron chi connectivity index (χ0n) is 54.5. The Balaban J connectivity index is 1.49. The van der Waals surface area contributed by atoms with Gasteiger partial charge in [0.25, 0.3) is 0 Å². The molecule has 0 radical (unpaired) electrons. The Kier molecular flexibility index (Phi) is 46.6. The summed E-state index contributed by atoms with van der Waals surface area (Å²) in [5.41, 5.74) is 0. The van der Waals surface area contributed by atoms with E-state index < -0.39 is 131 Å². The maximum absolute atomic E-state index is 13.4. The van der Waals surface area contributed by atoms with Crippen LogP contribution in [-0.4, -0.2) is 193 Å². The summed E-state index contributed by atoms with van der Waals surface area (Å²) in [7, 11) is 0. The van der Waals surface area contributed by atoms with E-state index in [9.17, 15) is 61.0 Å². The van der Waals surface area contributed by atoms with Crippen LogP contribution in [0.1, 0.15) is 181 Å². The fourth-order valence-corrected chi connectivity index (χ4v) is 10.4. The van der Waals surface area contributed by atoms with Gasteiger partial charge in [0.2, 0.25) is 5.91 Å². The lowest BCUT2D eigenvalue weighted by molar-refractivity contribution is -0.379. The van der Waals surface area contributed by atoms with E-state index in [0.717, 1.165) is 89.9 Å². The summed E-state index contributed by atoms with van der Waals surface area (Å²) in [4.78, 5) is 13.4. The molecule has 0 aromatic heterocycles. The summed E-state index contributed by atoms with van der Waals surface area (Å²) >= 11 is 0. The summed E-state index contributed by atoms with van der Waals surface area (Å²) in [5.74, 6) is -0.338. The predicted octanol–water partition coefficient (Wildman–Crippen LogP) is 8.60. The summed E-state index contributed by atoms with van der Waals surface area (Å²) in [6.07, 6.45) is 45.7. The largest absolute Gasteiger partial charge is 0.394 e. The van der Waals surface area contributed by atoms with Gasteiger partial charge in [-0.3, -0.25) is 4.79 Å². The Morgan fingerprint density at radius 1 is 0.407 bits per heavy atom. The molecule has 12 N–H and O–H groups in total. The van der Waals surface area contributed by atoms with Crippen LogP contribution in [0.25, 0.3) is 0 Å². The van der Waals surface area contributed by atoms with Gasteiger partial charge in [0.05, 0.1) is 38.6 Å². The molecule has 3 rings (SSSR count). The van der Waals surface area contributed by atoms with Crippen LogP contribution in [0.3, 0.4) is 0 Å². The van der Waals surface area contributed by atoms with Gasteiger partial charge in [-0.2, -0.15) is 0 Å². The quantitative estimate of drug-likeness (QED) is 0.0200. The second-order valence-electron chi connectivity index (χ2n) is 23.5. The fourth-order valence-electron chi connectivity index (χ4n) is 10.4. The number of aliphatic hydroxyl groups excluding tert-OH is 11. The first-order valence-electron chi connectivity index (χ1n) is 33.9. The van der Waals surface area contributed by atoms with Gasteiger partial charge >= 0.3 is 0 Å². The van der Waals surface area contributed by atoms with E-state index in [0.29, 0.717) is 12.8 Å². The number of hydrogen-bond acceptors (Lipinski definition) is 18. The second kappa shape index (κ2) is 52.2. The molecule has 17 atom stereocenters. The summed E-state index contributed by atoms with van der Waals surface area (Å²) in [5, 5.41) is 120. The SMILES string of the molecule is CC/C=C\C/C=C\C/C=C\C/C=C\C/C=C\C/C=C\C/C=C\C/C=C\CCCCC(=O)NC(COC1OC(CO)C(OC2OC(CO)C(OC3OC(CO)C(O)C(O)C3O)C(O)C2O)C(O)C1O)C(O)/C=C/CC/C=C/CC/C=C/CCCCCCCCCCC. The minimum Gasteiger partial charge on any atom is -0.394 e. The molecule has 3 heterocycles. The van der Waals surface area contributed by atoms with Crippen LogP contribution in [0.5, 0.6) is 0 Å². The number of hydrogen-bond donors (Lipinski definition) is 12. The molecule has 0 aromatic rings. The molecular formula is C72H117NO18. The summed E-state index contributed by atoms with van der Waals surface area (Å²) < 4.78 is 34.3. The van der Waals surface area contributed by atoms with Crippen molar-refractivity contribution in [2.24, 2.45) is 0 Å². The summed E-state index contributed by atoms with van der Waals surface area (Å²) in [6.45, 7) is 1.53. The number of ether oxygens (including phenoxy) is 6. The molecule has 0 spiro atoms. The molecular weight excluding hydrogens is 1170 g/mol. The molecule has 0 aliphatic carbocycles. The smallest absolute Gasteiger partial charge is 0.220 e. The number of carbonyl (C=O) groups is 1. The molecule has 0 aromatic carbocycles. The Bertz CT molecular complexity index is 2170. The van der Waals surface area contributed by atoms with E-state index in [1.165, 1.54) is 57.8 Å². The summed E-state index contributed by atoms with van der Waals surface area (Å²) in [6, 6.07) is -1.03. The highest BCUT2D eigenvalue weighted by molar-refractivity contribution is 5.76. The first kappa shape index (κ1) is 81.2. The van der Waals surface area contributed by atoms with Gasteiger partial charge in [-0.05, 0) is 109 Å². The Labute approximate surface area is 543 Å². The normalized spacial score (nSPS) is 28.7. The molecule has 3 saturated heterocycles. The Morgan fingerprint density at radius 3 is 1.23 bits per heavy atom. The maximum Gasteiger partial charge on any atom is 0.220 e. The lowest BCUT2D eigenvalue weighted by Crippen LogP contribution is -2.66. The third kappa shape index (κ3) is 34.3. The highest BCUT2D eigenvalue weighted by Crippen LogP contribution is 2.33. The van der Waals surface area contributed by atoms with E-state index >= 15 is 0 Å². The van der Waals surface area contributed by atoms with Crippen LogP contribution in [0.2, 0.25) is 0 Å². The molecule has 518 valence electrons. The average Bonchev–Trinajstić information content (AvgIpc) is 0.885. The maximum atomic E-state index is 13.4. The van der Waals surface area contributed by atoms with Gasteiger partial charge in [-0.25, -0.2) is 0 Å². The number of nitrogens with one attached hydrogen (secondary N) is 1. The lowest BCUT2D eigenvalue weighted by Gasteiger charge is -2.48. The minimum atomic E-state index is -1.99. The highest BCUT2D eigenvalue weighted by Gasteiger charge is 2.53. The Morgan fingerprint density at radius 2 is 0.769 bits per heavy atom. The van der Waals surface area contributed by atoms with Crippen molar-refractivity contribution in [2.75, 3.05) is 26.4 Å². The standard InChI is InChI=1S/C72H117NO18/c1-3-5-7-9-11-13-15-17-19-21-23-24-25-26-27-28-29-30-32-34-36-38-40-42-44-46-48-50-60(78)73-55(56(77)49-47-45-43-41-39-37-35-33-31-22-20-18-16-14-12-10-8-6-4-2)54-86-70-66(84)63(81)68(58(52-75)88-70)91-72-67(85)64(82)69(59(53-76)89-72)90-71-65(83)62(80)61(79)57(51-74)87-71/h5,7,11,13,17,19,23-24,26-27,29-31,33-34,36,39-42,47,49,55-59,61-72,74-77,79-85H,3-4,6,8-10,12,14-16,18,20-22,25,28,32,35,37-38,43-46,48,50-54H2,1-2H3,(H,73,78)/b7-5-,13-11-,19-17-,24-23-,27-26-,30-29-,33-31+,36-34-,41-39+,42-40-,49-47+. The van der Waals surface area contributed by atoms with Gasteiger partial charge in [0, 0.05) is 6.42 Å². The van der Waals surface area contributed by atoms with Gasteiger partial charge in [-0.15, -0.1) is 0 Å². The van der Waals surface area contributed by atoms with Crippen molar-refractivity contribution in [2.45, 2.75) is 285 Å². The van der Waals surface area contributed by atoms with E-state index in [4.69, 9.17) is 28.4 Å². The highest BCUT2D eigenvalue weighted by atomic mass is 16.8. The molecule has 0 bridgehead atoms. The van der Waals surface area contributed by atoms with Crippen molar-refractivity contribution < 1.29 is 89.4 Å². The predicted molar refractivity (Wildman–Crippen MR) is 355 cm³/mol. The number of unbranched alkanes of at least 4 members (excludes halogenated alkanes) is 13. The van der Waals surface area contributed by atoms with E-state index in [1.54, 1.807) is 6.08 Å². The van der Waals surface area contributed by atoms with E-state index in [2.05, 4.69) is 141 Å². The molecule has 3 fully saturated rings. The van der Waals surface area contributed by atoms with Crippen LogP contribution in [0, 0.1) is 0 Å². The number of amides is 1.